The van der Waals surface area contributed by atoms with E-state index < -0.39 is 0 Å². The molecule has 116 valence electrons. The zero-order valence-corrected chi connectivity index (χ0v) is 13.0. The highest BCUT2D eigenvalue weighted by atomic mass is 35.5. The Balaban J connectivity index is 0.00000161. The van der Waals surface area contributed by atoms with Crippen LogP contribution in [0.2, 0.25) is 0 Å². The molecule has 1 aromatic rings. The van der Waals surface area contributed by atoms with Crippen molar-refractivity contribution in [2.24, 2.45) is 0 Å². The maximum Gasteiger partial charge on any atom is 0.229 e. The molecule has 1 atom stereocenters. The summed E-state index contributed by atoms with van der Waals surface area (Å²) in [6.07, 6.45) is 5.83. The van der Waals surface area contributed by atoms with E-state index >= 15 is 0 Å². The summed E-state index contributed by atoms with van der Waals surface area (Å²) in [6, 6.07) is 5.85. The highest BCUT2D eigenvalue weighted by Crippen LogP contribution is 2.32. The van der Waals surface area contributed by atoms with E-state index in [-0.39, 0.29) is 24.4 Å². The Bertz CT molecular complexity index is 501. The van der Waals surface area contributed by atoms with Crippen LogP contribution >= 0.6 is 12.4 Å². The molecule has 2 heterocycles. The Morgan fingerprint density at radius 2 is 2.19 bits per heavy atom. The van der Waals surface area contributed by atoms with E-state index in [1.807, 2.05) is 23.1 Å². The molecule has 1 aromatic carbocycles. The maximum atomic E-state index is 12.5. The van der Waals surface area contributed by atoms with Gasteiger partial charge in [0.1, 0.15) is 0 Å². The average molecular weight is 311 g/mol. The maximum absolute atomic E-state index is 12.5. The van der Waals surface area contributed by atoms with E-state index in [9.17, 15) is 4.79 Å². The fourth-order valence-electron chi connectivity index (χ4n) is 3.18. The number of hydrogen-bond acceptors (Lipinski definition) is 3. The number of ether oxygens (including phenoxy) is 1. The van der Waals surface area contributed by atoms with Gasteiger partial charge in [-0.15, -0.1) is 12.4 Å². The lowest BCUT2D eigenvalue weighted by molar-refractivity contribution is -0.122. The van der Waals surface area contributed by atoms with Crippen molar-refractivity contribution in [1.29, 1.82) is 0 Å². The van der Waals surface area contributed by atoms with Crippen LogP contribution in [-0.2, 0) is 16.0 Å². The fraction of sp³-hybridized carbons (Fsp3) is 0.562. The minimum atomic E-state index is 0. The normalized spacial score (nSPS) is 21.3. The smallest absolute Gasteiger partial charge is 0.229 e. The number of carbonyl (C=O) groups excluding carboxylic acids is 1. The van der Waals surface area contributed by atoms with E-state index in [4.69, 9.17) is 10.5 Å². The van der Waals surface area contributed by atoms with Crippen molar-refractivity contribution in [2.75, 3.05) is 23.8 Å². The van der Waals surface area contributed by atoms with Gasteiger partial charge in [-0.1, -0.05) is 6.07 Å². The fourth-order valence-corrected chi connectivity index (χ4v) is 3.18. The molecule has 2 aliphatic heterocycles. The Morgan fingerprint density at radius 1 is 1.33 bits per heavy atom. The predicted molar refractivity (Wildman–Crippen MR) is 87.0 cm³/mol. The number of carbonyl (C=O) groups is 1. The molecule has 2 aliphatic rings. The van der Waals surface area contributed by atoms with Gasteiger partial charge < -0.3 is 15.4 Å². The molecule has 0 bridgehead atoms. The van der Waals surface area contributed by atoms with Gasteiger partial charge in [-0.3, -0.25) is 4.79 Å². The molecule has 5 heteroatoms. The highest BCUT2D eigenvalue weighted by Gasteiger charge is 2.26. The quantitative estimate of drug-likeness (QED) is 0.855. The van der Waals surface area contributed by atoms with Gasteiger partial charge in [0.2, 0.25) is 5.91 Å². The molecule has 1 amide bonds. The van der Waals surface area contributed by atoms with Gasteiger partial charge in [-0.2, -0.15) is 0 Å². The Labute approximate surface area is 132 Å². The zero-order valence-electron chi connectivity index (χ0n) is 12.2. The van der Waals surface area contributed by atoms with Gasteiger partial charge in [0.15, 0.2) is 0 Å². The lowest BCUT2D eigenvalue weighted by Crippen LogP contribution is -2.38. The van der Waals surface area contributed by atoms with Crippen molar-refractivity contribution >= 4 is 29.7 Å². The number of nitrogens with two attached hydrogens (primary N) is 1. The van der Waals surface area contributed by atoms with Crippen molar-refractivity contribution in [3.63, 3.8) is 0 Å². The van der Waals surface area contributed by atoms with Crippen LogP contribution in [0, 0.1) is 0 Å². The summed E-state index contributed by atoms with van der Waals surface area (Å²) in [6.45, 7) is 1.59. The van der Waals surface area contributed by atoms with Gasteiger partial charge in [0.05, 0.1) is 12.5 Å². The number of amides is 1. The first kappa shape index (κ1) is 16.1. The number of halogens is 1. The molecule has 4 nitrogen and oxygen atoms in total. The monoisotopic (exact) mass is 310 g/mol. The molecular formula is C16H23ClN2O2. The molecule has 0 aliphatic carbocycles. The van der Waals surface area contributed by atoms with Crippen LogP contribution in [0.3, 0.4) is 0 Å². The standard InChI is InChI=1S/C16H22N2O2.ClH/c17-14-7-3-8-15-13(14)6-4-9-18(15)16(19)11-12-5-1-2-10-20-12;/h3,7-8,12H,1-2,4-6,9-11,17H2;1H. The number of anilines is 2. The predicted octanol–water partition coefficient (Wildman–Crippen LogP) is 2.93. The number of benzene rings is 1. The molecule has 0 radical (unpaired) electrons. The molecular weight excluding hydrogens is 288 g/mol. The highest BCUT2D eigenvalue weighted by molar-refractivity contribution is 5.95. The van der Waals surface area contributed by atoms with Crippen molar-refractivity contribution in [2.45, 2.75) is 44.6 Å². The molecule has 0 saturated carbocycles. The summed E-state index contributed by atoms with van der Waals surface area (Å²) in [5.41, 5.74) is 8.94. The largest absolute Gasteiger partial charge is 0.398 e. The van der Waals surface area contributed by atoms with Gasteiger partial charge >= 0.3 is 0 Å². The second-order valence-electron chi connectivity index (χ2n) is 5.69. The molecule has 0 spiro atoms. The first-order valence-corrected chi connectivity index (χ1v) is 7.55. The Hall–Kier alpha value is -1.26. The van der Waals surface area contributed by atoms with Crippen LogP contribution in [0.4, 0.5) is 11.4 Å². The summed E-state index contributed by atoms with van der Waals surface area (Å²) < 4.78 is 5.68. The topological polar surface area (TPSA) is 55.6 Å². The van der Waals surface area contributed by atoms with Crippen molar-refractivity contribution in [1.82, 2.24) is 0 Å². The molecule has 1 fully saturated rings. The van der Waals surface area contributed by atoms with Gasteiger partial charge in [0, 0.05) is 24.5 Å². The number of rotatable bonds is 2. The number of hydrogen-bond donors (Lipinski definition) is 1. The molecule has 2 N–H and O–H groups in total. The summed E-state index contributed by atoms with van der Waals surface area (Å²) >= 11 is 0. The van der Waals surface area contributed by atoms with Crippen LogP contribution in [0.25, 0.3) is 0 Å². The van der Waals surface area contributed by atoms with Crippen LogP contribution in [-0.4, -0.2) is 25.2 Å². The Kier molecular flexibility index (Phi) is 5.48. The van der Waals surface area contributed by atoms with Gasteiger partial charge in [-0.05, 0) is 49.8 Å². The SMILES string of the molecule is Cl.Nc1cccc2c1CCCN2C(=O)CC1CCCCO1. The molecule has 0 aromatic heterocycles. The third-order valence-electron chi connectivity index (χ3n) is 4.26. The van der Waals surface area contributed by atoms with Crippen LogP contribution in [0.1, 0.15) is 37.7 Å². The van der Waals surface area contributed by atoms with E-state index in [0.717, 1.165) is 55.8 Å². The molecule has 3 rings (SSSR count). The first-order chi connectivity index (χ1) is 9.75. The van der Waals surface area contributed by atoms with Crippen LogP contribution in [0.15, 0.2) is 18.2 Å². The average Bonchev–Trinajstić information content (AvgIpc) is 2.48. The second kappa shape index (κ2) is 7.14. The second-order valence-corrected chi connectivity index (χ2v) is 5.69. The molecule has 1 saturated heterocycles. The van der Waals surface area contributed by atoms with Gasteiger partial charge in [0.25, 0.3) is 0 Å². The zero-order chi connectivity index (χ0) is 13.9. The minimum absolute atomic E-state index is 0. The van der Waals surface area contributed by atoms with E-state index in [1.54, 1.807) is 0 Å². The summed E-state index contributed by atoms with van der Waals surface area (Å²) in [4.78, 5) is 14.4. The number of nitrogens with zero attached hydrogens (tertiary/aromatic N) is 1. The minimum Gasteiger partial charge on any atom is -0.398 e. The van der Waals surface area contributed by atoms with Crippen LogP contribution in [0.5, 0.6) is 0 Å². The molecule has 21 heavy (non-hydrogen) atoms. The number of nitrogen functional groups attached to an aromatic ring is 1. The van der Waals surface area contributed by atoms with Crippen molar-refractivity contribution in [3.8, 4) is 0 Å². The van der Waals surface area contributed by atoms with E-state index in [1.165, 1.54) is 6.42 Å². The van der Waals surface area contributed by atoms with Crippen molar-refractivity contribution in [3.05, 3.63) is 23.8 Å². The van der Waals surface area contributed by atoms with E-state index in [0.29, 0.717) is 6.42 Å². The lowest BCUT2D eigenvalue weighted by Gasteiger charge is -2.32. The van der Waals surface area contributed by atoms with Gasteiger partial charge in [-0.25, -0.2) is 0 Å². The number of fused-ring (bicyclic) bond motifs is 1. The van der Waals surface area contributed by atoms with Crippen LogP contribution < -0.4 is 10.6 Å². The lowest BCUT2D eigenvalue weighted by atomic mass is 9.98. The molecule has 1 unspecified atom stereocenters. The third-order valence-corrected chi connectivity index (χ3v) is 4.26. The Morgan fingerprint density at radius 3 is 2.95 bits per heavy atom. The third kappa shape index (κ3) is 3.50. The summed E-state index contributed by atoms with van der Waals surface area (Å²) in [7, 11) is 0. The summed E-state index contributed by atoms with van der Waals surface area (Å²) in [5.74, 6) is 0.170. The van der Waals surface area contributed by atoms with E-state index in [2.05, 4.69) is 0 Å². The van der Waals surface area contributed by atoms with Crippen molar-refractivity contribution < 1.29 is 9.53 Å². The summed E-state index contributed by atoms with van der Waals surface area (Å²) in [5, 5.41) is 0. The first-order valence-electron chi connectivity index (χ1n) is 7.55.